The molecular weight excluding hydrogens is 190 g/mol. The van der Waals surface area contributed by atoms with Crippen LogP contribution in [0.2, 0.25) is 0 Å². The summed E-state index contributed by atoms with van der Waals surface area (Å²) in [6.07, 6.45) is 0. The quantitative estimate of drug-likeness (QED) is 0.761. The molecule has 2 N–H and O–H groups in total. The monoisotopic (exact) mass is 199 g/mol. The van der Waals surface area contributed by atoms with E-state index < -0.39 is 12.0 Å². The summed E-state index contributed by atoms with van der Waals surface area (Å²) in [5, 5.41) is 14.3. The lowest BCUT2D eigenvalue weighted by atomic mass is 10.3. The topological polar surface area (TPSA) is 66.4 Å². The Morgan fingerprint density at radius 2 is 2.31 bits per heavy atom. The Morgan fingerprint density at radius 3 is 2.77 bits per heavy atom. The predicted octanol–water partition coefficient (Wildman–Crippen LogP) is 0.951. The Hall–Kier alpha value is -1.36. The molecule has 0 aliphatic carbocycles. The van der Waals surface area contributed by atoms with E-state index in [0.717, 1.165) is 0 Å². The summed E-state index contributed by atoms with van der Waals surface area (Å²) in [4.78, 5) is 21.6. The standard InChI is InChI=1S/C8H9NO3S/c1-5(8(11)12)9-7(10)6-2-3-13-4-6/h2-5H,1H3,(H,9,10)(H,11,12). The first kappa shape index (κ1) is 9.73. The van der Waals surface area contributed by atoms with Crippen LogP contribution in [0, 0.1) is 0 Å². The van der Waals surface area contributed by atoms with Crippen LogP contribution < -0.4 is 5.32 Å². The summed E-state index contributed by atoms with van der Waals surface area (Å²) in [6.45, 7) is 1.42. The van der Waals surface area contributed by atoms with Crippen molar-refractivity contribution in [2.24, 2.45) is 0 Å². The van der Waals surface area contributed by atoms with Crippen LogP contribution in [0.4, 0.5) is 0 Å². The molecule has 1 amide bonds. The number of nitrogens with one attached hydrogen (secondary N) is 1. The van der Waals surface area contributed by atoms with Crippen LogP contribution in [0.3, 0.4) is 0 Å². The average molecular weight is 199 g/mol. The molecule has 0 bridgehead atoms. The summed E-state index contributed by atoms with van der Waals surface area (Å²) in [7, 11) is 0. The highest BCUT2D eigenvalue weighted by Crippen LogP contribution is 2.05. The molecule has 0 aliphatic rings. The van der Waals surface area contributed by atoms with Crippen LogP contribution in [0.15, 0.2) is 16.8 Å². The molecule has 4 nitrogen and oxygen atoms in total. The van der Waals surface area contributed by atoms with Gasteiger partial charge < -0.3 is 10.4 Å². The number of carboxylic acids is 1. The molecule has 1 aromatic heterocycles. The van der Waals surface area contributed by atoms with Crippen molar-refractivity contribution < 1.29 is 14.7 Å². The minimum Gasteiger partial charge on any atom is -0.480 e. The van der Waals surface area contributed by atoms with Gasteiger partial charge in [-0.2, -0.15) is 11.3 Å². The second kappa shape index (κ2) is 4.04. The van der Waals surface area contributed by atoms with Gasteiger partial charge in [0, 0.05) is 5.38 Å². The number of amides is 1. The molecule has 0 fully saturated rings. The second-order valence-corrected chi connectivity index (χ2v) is 3.33. The highest BCUT2D eigenvalue weighted by atomic mass is 32.1. The summed E-state index contributed by atoms with van der Waals surface area (Å²) in [5.74, 6) is -1.39. The summed E-state index contributed by atoms with van der Waals surface area (Å²) in [5.41, 5.74) is 0.498. The third-order valence-electron chi connectivity index (χ3n) is 1.50. The van der Waals surface area contributed by atoms with Gasteiger partial charge in [0.25, 0.3) is 5.91 Å². The fourth-order valence-corrected chi connectivity index (χ4v) is 1.37. The van der Waals surface area contributed by atoms with Crippen LogP contribution >= 0.6 is 11.3 Å². The number of carbonyl (C=O) groups is 2. The molecule has 1 rings (SSSR count). The lowest BCUT2D eigenvalue weighted by Crippen LogP contribution is -2.38. The fourth-order valence-electron chi connectivity index (χ4n) is 0.735. The van der Waals surface area contributed by atoms with Gasteiger partial charge in [-0.15, -0.1) is 0 Å². The van der Waals surface area contributed by atoms with Gasteiger partial charge in [0.05, 0.1) is 5.56 Å². The molecule has 0 saturated heterocycles. The fraction of sp³-hybridized carbons (Fsp3) is 0.250. The van der Waals surface area contributed by atoms with Crippen molar-refractivity contribution in [1.82, 2.24) is 5.32 Å². The number of thiophene rings is 1. The second-order valence-electron chi connectivity index (χ2n) is 2.55. The average Bonchev–Trinajstić information content (AvgIpc) is 2.55. The zero-order valence-corrected chi connectivity index (χ0v) is 7.80. The zero-order valence-electron chi connectivity index (χ0n) is 6.98. The lowest BCUT2D eigenvalue weighted by molar-refractivity contribution is -0.138. The maximum atomic E-state index is 11.3. The molecule has 0 spiro atoms. The van der Waals surface area contributed by atoms with E-state index in [1.165, 1.54) is 18.3 Å². The van der Waals surface area contributed by atoms with Crippen molar-refractivity contribution in [1.29, 1.82) is 0 Å². The SMILES string of the molecule is CC(NC(=O)c1ccsc1)C(=O)O. The van der Waals surface area contributed by atoms with E-state index in [9.17, 15) is 9.59 Å². The molecule has 1 atom stereocenters. The maximum Gasteiger partial charge on any atom is 0.325 e. The van der Waals surface area contributed by atoms with Gasteiger partial charge in [-0.3, -0.25) is 9.59 Å². The van der Waals surface area contributed by atoms with Crippen LogP contribution in [0.1, 0.15) is 17.3 Å². The van der Waals surface area contributed by atoms with Gasteiger partial charge in [0.15, 0.2) is 0 Å². The van der Waals surface area contributed by atoms with Crippen molar-refractivity contribution in [2.75, 3.05) is 0 Å². The van der Waals surface area contributed by atoms with Gasteiger partial charge in [0.1, 0.15) is 6.04 Å². The molecule has 1 unspecified atom stereocenters. The predicted molar refractivity (Wildman–Crippen MR) is 48.9 cm³/mol. The van der Waals surface area contributed by atoms with Gasteiger partial charge in [-0.1, -0.05) is 0 Å². The Labute approximate surface area is 79.2 Å². The Bertz CT molecular complexity index is 307. The number of aliphatic carboxylic acids is 1. The zero-order chi connectivity index (χ0) is 9.84. The first-order valence-electron chi connectivity index (χ1n) is 3.67. The summed E-state index contributed by atoms with van der Waals surface area (Å²) >= 11 is 1.40. The number of hydrogen-bond acceptors (Lipinski definition) is 3. The number of carboxylic acid groups (broad SMARTS) is 1. The minimum absolute atomic E-state index is 0.351. The van der Waals surface area contributed by atoms with Crippen molar-refractivity contribution in [3.05, 3.63) is 22.4 Å². The highest BCUT2D eigenvalue weighted by molar-refractivity contribution is 7.08. The van der Waals surface area contributed by atoms with Crippen LogP contribution in [0.25, 0.3) is 0 Å². The molecule has 0 radical (unpaired) electrons. The molecule has 70 valence electrons. The lowest BCUT2D eigenvalue weighted by Gasteiger charge is -2.07. The Morgan fingerprint density at radius 1 is 1.62 bits per heavy atom. The smallest absolute Gasteiger partial charge is 0.325 e. The van der Waals surface area contributed by atoms with Gasteiger partial charge in [-0.25, -0.2) is 0 Å². The molecule has 1 aromatic rings. The highest BCUT2D eigenvalue weighted by Gasteiger charge is 2.14. The molecule has 0 aliphatic heterocycles. The maximum absolute atomic E-state index is 11.3. The minimum atomic E-state index is -1.04. The van der Waals surface area contributed by atoms with E-state index in [0.29, 0.717) is 5.56 Å². The number of carbonyl (C=O) groups excluding carboxylic acids is 1. The van der Waals surface area contributed by atoms with Crippen molar-refractivity contribution in [2.45, 2.75) is 13.0 Å². The van der Waals surface area contributed by atoms with Gasteiger partial charge in [-0.05, 0) is 18.4 Å². The Kier molecular flexibility index (Phi) is 3.02. The van der Waals surface area contributed by atoms with Crippen LogP contribution in [-0.2, 0) is 4.79 Å². The first-order chi connectivity index (χ1) is 6.11. The molecule has 1 heterocycles. The van der Waals surface area contributed by atoms with E-state index >= 15 is 0 Å². The molecule has 0 saturated carbocycles. The first-order valence-corrected chi connectivity index (χ1v) is 4.61. The summed E-state index contributed by atoms with van der Waals surface area (Å²) in [6, 6.07) is 0.793. The number of hydrogen-bond donors (Lipinski definition) is 2. The largest absolute Gasteiger partial charge is 0.480 e. The van der Waals surface area contributed by atoms with E-state index in [4.69, 9.17) is 5.11 Å². The van der Waals surface area contributed by atoms with Crippen molar-refractivity contribution in [3.63, 3.8) is 0 Å². The van der Waals surface area contributed by atoms with E-state index in [2.05, 4.69) is 5.32 Å². The van der Waals surface area contributed by atoms with Crippen LogP contribution in [0.5, 0.6) is 0 Å². The molecular formula is C8H9NO3S. The third-order valence-corrected chi connectivity index (χ3v) is 2.18. The van der Waals surface area contributed by atoms with Crippen LogP contribution in [-0.4, -0.2) is 23.0 Å². The van der Waals surface area contributed by atoms with E-state index in [-0.39, 0.29) is 5.91 Å². The number of rotatable bonds is 3. The molecule has 0 aromatic carbocycles. The third kappa shape index (κ3) is 2.55. The van der Waals surface area contributed by atoms with Crippen molar-refractivity contribution in [3.8, 4) is 0 Å². The molecule has 5 heteroatoms. The molecule has 13 heavy (non-hydrogen) atoms. The van der Waals surface area contributed by atoms with Gasteiger partial charge >= 0.3 is 5.97 Å². The van der Waals surface area contributed by atoms with Gasteiger partial charge in [0.2, 0.25) is 0 Å². The van der Waals surface area contributed by atoms with E-state index in [1.807, 2.05) is 0 Å². The van der Waals surface area contributed by atoms with E-state index in [1.54, 1.807) is 16.8 Å². The Balaban J connectivity index is 2.56. The van der Waals surface area contributed by atoms with Crippen molar-refractivity contribution >= 4 is 23.2 Å². The summed E-state index contributed by atoms with van der Waals surface area (Å²) < 4.78 is 0. The normalized spacial score (nSPS) is 12.1.